The van der Waals surface area contributed by atoms with Crippen LogP contribution in [-0.2, 0) is 11.2 Å². The van der Waals surface area contributed by atoms with E-state index in [0.717, 1.165) is 0 Å². The third-order valence-corrected chi connectivity index (χ3v) is 2.88. The molecule has 23 heavy (non-hydrogen) atoms. The minimum Gasteiger partial charge on any atom is -1.00 e. The largest absolute Gasteiger partial charge is 1.00 e. The fourth-order valence-corrected chi connectivity index (χ4v) is 1.76. The molecule has 0 aliphatic heterocycles. The van der Waals surface area contributed by atoms with Crippen LogP contribution in [0.3, 0.4) is 0 Å². The molecule has 8 nitrogen and oxygen atoms in total. The quantitative estimate of drug-likeness (QED) is 0.151. The molecular formula is C14H21N4NaO4. The third kappa shape index (κ3) is 8.44. The second kappa shape index (κ2) is 10.9. The number of hydrogen-bond donors (Lipinski definition) is 5. The second-order valence-electron chi connectivity index (χ2n) is 4.65. The molecular weight excluding hydrogens is 311 g/mol. The van der Waals surface area contributed by atoms with Gasteiger partial charge in [-0.3, -0.25) is 9.98 Å². The van der Waals surface area contributed by atoms with E-state index in [9.17, 15) is 15.0 Å². The minimum atomic E-state index is -1.03. The van der Waals surface area contributed by atoms with Crippen molar-refractivity contribution >= 4 is 18.1 Å². The predicted octanol–water partition coefficient (Wildman–Crippen LogP) is -2.67. The number of nitrogens with two attached hydrogens (primary N) is 2. The van der Waals surface area contributed by atoms with Gasteiger partial charge in [0.25, 0.3) is 0 Å². The van der Waals surface area contributed by atoms with Gasteiger partial charge in [-0.1, -0.05) is 6.07 Å². The Balaban J connectivity index is 0. The number of aliphatic imine (C=N–C) groups is 2. The summed E-state index contributed by atoms with van der Waals surface area (Å²) in [6.45, 7) is 0.348. The van der Waals surface area contributed by atoms with Gasteiger partial charge in [0.1, 0.15) is 17.5 Å². The summed E-state index contributed by atoms with van der Waals surface area (Å²) in [5.74, 6) is -1.17. The smallest absolute Gasteiger partial charge is 1.00 e. The molecule has 0 unspecified atom stereocenters. The molecule has 7 N–H and O–H groups in total. The Bertz CT molecular complexity index is 580. The second-order valence-corrected chi connectivity index (χ2v) is 4.65. The normalized spacial score (nSPS) is 11.7. The van der Waals surface area contributed by atoms with Gasteiger partial charge in [-0.15, -0.1) is 0 Å². The zero-order valence-electron chi connectivity index (χ0n) is 14.0. The average Bonchev–Trinajstić information content (AvgIpc) is 2.42. The van der Waals surface area contributed by atoms with E-state index in [0.29, 0.717) is 24.9 Å². The number of aliphatic carboxylic acids is 1. The summed E-state index contributed by atoms with van der Waals surface area (Å²) in [5, 5.41) is 27.9. The molecule has 0 aliphatic carbocycles. The maximum absolute atomic E-state index is 11.1. The van der Waals surface area contributed by atoms with Crippen molar-refractivity contribution in [3.63, 3.8) is 0 Å². The summed E-state index contributed by atoms with van der Waals surface area (Å²) >= 11 is 0. The number of nitrogens with zero attached hydrogens (tertiary/aromatic N) is 2. The number of carboxylic acids is 1. The van der Waals surface area contributed by atoms with Gasteiger partial charge in [-0.2, -0.15) is 0 Å². The Morgan fingerprint density at radius 1 is 1.35 bits per heavy atom. The molecule has 1 rings (SSSR count). The van der Waals surface area contributed by atoms with Gasteiger partial charge in [0, 0.05) is 25.2 Å². The molecule has 0 saturated carbocycles. The number of carbonyl (C=O) groups is 1. The van der Waals surface area contributed by atoms with Crippen molar-refractivity contribution in [2.75, 3.05) is 6.54 Å². The van der Waals surface area contributed by atoms with E-state index in [1.807, 2.05) is 0 Å². The monoisotopic (exact) mass is 332 g/mol. The van der Waals surface area contributed by atoms with Crippen molar-refractivity contribution in [1.82, 2.24) is 0 Å². The molecule has 0 saturated heterocycles. The third-order valence-electron chi connectivity index (χ3n) is 2.88. The molecule has 0 bridgehead atoms. The van der Waals surface area contributed by atoms with Crippen LogP contribution in [0.15, 0.2) is 28.2 Å². The number of hydrogen-bond acceptors (Lipinski definition) is 5. The Kier molecular flexibility index (Phi) is 10.0. The van der Waals surface area contributed by atoms with Gasteiger partial charge >= 0.3 is 35.5 Å². The molecule has 0 amide bonds. The van der Waals surface area contributed by atoms with Crippen LogP contribution in [0.1, 0.15) is 19.8 Å². The summed E-state index contributed by atoms with van der Waals surface area (Å²) in [6, 6.07) is 3.32. The molecule has 0 aliphatic rings. The standard InChI is InChI=1S/C14H20N4O4.Na.H/c15-14(16)18-6-1-2-11(13(21)22)17-7-5-9-3-4-10(19)8-12(9)20;;/h3-4,7-8,11,19-20H,1-2,5-6H2,(H,21,22)(H4,15,16,18);;/q;+1;-1/t11-;;/m0../s1. The van der Waals surface area contributed by atoms with Crippen LogP contribution in [0.2, 0.25) is 0 Å². The summed E-state index contributed by atoms with van der Waals surface area (Å²) in [4.78, 5) is 18.9. The Hall–Kier alpha value is -1.77. The van der Waals surface area contributed by atoms with Gasteiger partial charge in [0.05, 0.1) is 0 Å². The Morgan fingerprint density at radius 2 is 2.04 bits per heavy atom. The molecule has 9 heteroatoms. The maximum atomic E-state index is 11.1. The van der Waals surface area contributed by atoms with Crippen molar-refractivity contribution in [3.8, 4) is 11.5 Å². The number of phenolic OH excluding ortho intramolecular Hbond substituents is 2. The molecule has 0 aromatic heterocycles. The molecule has 1 aromatic carbocycles. The van der Waals surface area contributed by atoms with Crippen molar-refractivity contribution in [2.45, 2.75) is 25.3 Å². The van der Waals surface area contributed by atoms with Gasteiger partial charge in [-0.05, 0) is 24.5 Å². The first-order chi connectivity index (χ1) is 10.4. The number of aromatic hydroxyl groups is 2. The topological polar surface area (TPSA) is 155 Å². The molecule has 0 heterocycles. The van der Waals surface area contributed by atoms with Crippen molar-refractivity contribution < 1.29 is 51.1 Å². The van der Waals surface area contributed by atoms with Crippen LogP contribution in [0.4, 0.5) is 0 Å². The van der Waals surface area contributed by atoms with E-state index in [2.05, 4.69) is 9.98 Å². The van der Waals surface area contributed by atoms with E-state index in [1.54, 1.807) is 6.07 Å². The minimum absolute atomic E-state index is 0. The molecule has 0 fully saturated rings. The number of phenols is 2. The zero-order valence-corrected chi connectivity index (χ0v) is 15.0. The summed E-state index contributed by atoms with van der Waals surface area (Å²) in [5.41, 5.74) is 10.9. The van der Waals surface area contributed by atoms with Crippen molar-refractivity contribution in [3.05, 3.63) is 23.8 Å². The maximum Gasteiger partial charge on any atom is 1.00 e. The summed E-state index contributed by atoms with van der Waals surface area (Å²) in [7, 11) is 0. The van der Waals surface area contributed by atoms with Crippen LogP contribution in [-0.4, -0.2) is 46.0 Å². The van der Waals surface area contributed by atoms with Crippen LogP contribution < -0.4 is 41.0 Å². The Labute approximate surface area is 157 Å². The zero-order chi connectivity index (χ0) is 16.5. The van der Waals surface area contributed by atoms with Gasteiger partial charge in [0.15, 0.2) is 5.96 Å². The molecule has 0 spiro atoms. The van der Waals surface area contributed by atoms with E-state index in [-0.39, 0.29) is 54.9 Å². The number of carboxylic acid groups (broad SMARTS) is 1. The van der Waals surface area contributed by atoms with E-state index < -0.39 is 12.0 Å². The van der Waals surface area contributed by atoms with Crippen LogP contribution in [0.5, 0.6) is 11.5 Å². The van der Waals surface area contributed by atoms with Crippen molar-refractivity contribution in [1.29, 1.82) is 0 Å². The van der Waals surface area contributed by atoms with E-state index >= 15 is 0 Å². The summed E-state index contributed by atoms with van der Waals surface area (Å²) < 4.78 is 0. The van der Waals surface area contributed by atoms with Crippen LogP contribution in [0, 0.1) is 0 Å². The molecule has 122 valence electrons. The fourth-order valence-electron chi connectivity index (χ4n) is 1.76. The number of benzene rings is 1. The predicted molar refractivity (Wildman–Crippen MR) is 84.4 cm³/mol. The number of rotatable bonds is 8. The first kappa shape index (κ1) is 21.2. The van der Waals surface area contributed by atoms with Crippen LogP contribution >= 0.6 is 0 Å². The van der Waals surface area contributed by atoms with Gasteiger partial charge < -0.3 is 28.2 Å². The number of guanidine groups is 1. The van der Waals surface area contributed by atoms with Crippen LogP contribution in [0.25, 0.3) is 0 Å². The fraction of sp³-hybridized carbons (Fsp3) is 0.357. The van der Waals surface area contributed by atoms with E-state index in [1.165, 1.54) is 18.3 Å². The SMILES string of the molecule is NC(N)=NCCC[C@H](N=CCc1ccc(O)cc1O)C(=O)O.[H-].[Na+]. The van der Waals surface area contributed by atoms with Gasteiger partial charge in [0.2, 0.25) is 0 Å². The average molecular weight is 332 g/mol. The molecule has 1 aromatic rings. The molecule has 1 atom stereocenters. The Morgan fingerprint density at radius 3 is 2.61 bits per heavy atom. The van der Waals surface area contributed by atoms with E-state index in [4.69, 9.17) is 16.6 Å². The van der Waals surface area contributed by atoms with Crippen molar-refractivity contribution in [2.24, 2.45) is 21.5 Å². The first-order valence-corrected chi connectivity index (χ1v) is 6.71. The van der Waals surface area contributed by atoms with Gasteiger partial charge in [-0.25, -0.2) is 4.79 Å². The first-order valence-electron chi connectivity index (χ1n) is 6.71. The summed E-state index contributed by atoms with van der Waals surface area (Å²) in [6.07, 6.45) is 2.51. The molecule has 0 radical (unpaired) electrons.